The van der Waals surface area contributed by atoms with Crippen LogP contribution in [-0.4, -0.2) is 25.0 Å². The number of amides is 1. The summed E-state index contributed by atoms with van der Waals surface area (Å²) in [5.41, 5.74) is 2.62. The zero-order chi connectivity index (χ0) is 15.1. The first-order chi connectivity index (χ1) is 10.7. The molecule has 6 nitrogen and oxygen atoms in total. The van der Waals surface area contributed by atoms with Crippen LogP contribution in [0.25, 0.3) is 10.2 Å². The highest BCUT2D eigenvalue weighted by molar-refractivity contribution is 7.12. The molecule has 1 N–H and O–H groups in total. The number of hydrogen-bond acceptors (Lipinski definition) is 5. The molecule has 0 spiro atoms. The van der Waals surface area contributed by atoms with Gasteiger partial charge in [-0.25, -0.2) is 4.98 Å². The van der Waals surface area contributed by atoms with Crippen LogP contribution in [-0.2, 0) is 13.0 Å². The normalized spacial score (nSPS) is 14.0. The van der Waals surface area contributed by atoms with E-state index in [0.29, 0.717) is 11.4 Å². The maximum atomic E-state index is 12.4. The van der Waals surface area contributed by atoms with E-state index < -0.39 is 0 Å². The van der Waals surface area contributed by atoms with E-state index in [0.717, 1.165) is 35.3 Å². The van der Waals surface area contributed by atoms with Crippen LogP contribution < -0.4 is 5.32 Å². The molecule has 0 fully saturated rings. The summed E-state index contributed by atoms with van der Waals surface area (Å²) in [5, 5.41) is 8.24. The summed E-state index contributed by atoms with van der Waals surface area (Å²) in [6, 6.07) is 3.80. The highest BCUT2D eigenvalue weighted by Gasteiger charge is 2.15. The fourth-order valence-electron chi connectivity index (χ4n) is 2.74. The van der Waals surface area contributed by atoms with Gasteiger partial charge in [-0.2, -0.15) is 9.47 Å². The van der Waals surface area contributed by atoms with Gasteiger partial charge in [0.15, 0.2) is 5.82 Å². The van der Waals surface area contributed by atoms with Crippen LogP contribution in [0.3, 0.4) is 0 Å². The molecule has 3 aromatic heterocycles. The number of pyridine rings is 1. The first-order valence-electron chi connectivity index (χ1n) is 7.31. The van der Waals surface area contributed by atoms with E-state index in [1.807, 2.05) is 23.7 Å². The molecule has 0 aromatic carbocycles. The molecule has 4 heterocycles. The molecule has 0 saturated carbocycles. The van der Waals surface area contributed by atoms with Gasteiger partial charge < -0.3 is 5.32 Å². The fourth-order valence-corrected chi connectivity index (χ4v) is 3.46. The van der Waals surface area contributed by atoms with Crippen molar-refractivity contribution in [2.75, 3.05) is 5.32 Å². The number of carbonyl (C=O) groups is 1. The van der Waals surface area contributed by atoms with Crippen molar-refractivity contribution in [1.82, 2.24) is 19.1 Å². The number of aryl methyl sites for hydroxylation is 3. The fraction of sp³-hybridized carbons (Fsp3) is 0.333. The van der Waals surface area contributed by atoms with Crippen LogP contribution in [0, 0.1) is 6.92 Å². The van der Waals surface area contributed by atoms with Gasteiger partial charge >= 0.3 is 0 Å². The topological polar surface area (TPSA) is 72.7 Å². The van der Waals surface area contributed by atoms with Gasteiger partial charge in [-0.05, 0) is 43.8 Å². The predicted octanol–water partition coefficient (Wildman–Crippen LogP) is 2.78. The Morgan fingerprint density at radius 2 is 2.27 bits per heavy atom. The average Bonchev–Trinajstić information content (AvgIpc) is 3.10. The molecule has 22 heavy (non-hydrogen) atoms. The lowest BCUT2D eigenvalue weighted by molar-refractivity contribution is 0.102. The van der Waals surface area contributed by atoms with Gasteiger partial charge in [0.1, 0.15) is 4.83 Å². The summed E-state index contributed by atoms with van der Waals surface area (Å²) in [4.78, 5) is 17.5. The average molecular weight is 313 g/mol. The number of nitrogens with zero attached hydrogens (tertiary/aromatic N) is 4. The summed E-state index contributed by atoms with van der Waals surface area (Å²) in [7, 11) is 0. The Hall–Kier alpha value is -2.28. The number of aromatic nitrogens is 4. The third-order valence-corrected chi connectivity index (χ3v) is 4.79. The van der Waals surface area contributed by atoms with Crippen molar-refractivity contribution in [3.63, 3.8) is 0 Å². The van der Waals surface area contributed by atoms with Crippen molar-refractivity contribution in [2.24, 2.45) is 0 Å². The molecule has 0 unspecified atom stereocenters. The monoisotopic (exact) mass is 313 g/mol. The Morgan fingerprint density at radius 1 is 1.36 bits per heavy atom. The first kappa shape index (κ1) is 13.4. The second-order valence-corrected chi connectivity index (χ2v) is 6.25. The Morgan fingerprint density at radius 3 is 3.14 bits per heavy atom. The maximum Gasteiger partial charge on any atom is 0.258 e. The highest BCUT2D eigenvalue weighted by atomic mass is 32.1. The van der Waals surface area contributed by atoms with E-state index in [2.05, 4.69) is 19.8 Å². The Kier molecular flexibility index (Phi) is 3.15. The zero-order valence-electron chi connectivity index (χ0n) is 12.2. The van der Waals surface area contributed by atoms with E-state index >= 15 is 0 Å². The summed E-state index contributed by atoms with van der Waals surface area (Å²) >= 11 is 1.35. The molecule has 3 aromatic rings. The van der Waals surface area contributed by atoms with Crippen molar-refractivity contribution in [3.8, 4) is 0 Å². The maximum absolute atomic E-state index is 12.4. The SMILES string of the molecule is Cc1nsc2ncc(C(=O)Nc3cc4n(n3)CCCC4)cc12. The molecule has 7 heteroatoms. The third kappa shape index (κ3) is 2.27. The molecule has 0 atom stereocenters. The quantitative estimate of drug-likeness (QED) is 0.789. The van der Waals surface area contributed by atoms with E-state index in [4.69, 9.17) is 0 Å². The van der Waals surface area contributed by atoms with Crippen molar-refractivity contribution < 1.29 is 4.79 Å². The first-order valence-corrected chi connectivity index (χ1v) is 8.08. The standard InChI is InChI=1S/C15H15N5OS/c1-9-12-6-10(8-16-15(12)22-19-9)14(21)17-13-7-11-4-2-3-5-20(11)18-13/h6-8H,2-5H2,1H3,(H,17,18,21). The Balaban J connectivity index is 1.60. The van der Waals surface area contributed by atoms with Gasteiger partial charge in [0, 0.05) is 29.9 Å². The molecule has 1 aliphatic heterocycles. The smallest absolute Gasteiger partial charge is 0.258 e. The minimum absolute atomic E-state index is 0.185. The summed E-state index contributed by atoms with van der Waals surface area (Å²) < 4.78 is 6.24. The molecule has 112 valence electrons. The second kappa shape index (κ2) is 5.17. The van der Waals surface area contributed by atoms with Crippen molar-refractivity contribution >= 4 is 33.5 Å². The van der Waals surface area contributed by atoms with Crippen molar-refractivity contribution in [2.45, 2.75) is 32.7 Å². The number of carbonyl (C=O) groups excluding carboxylic acids is 1. The van der Waals surface area contributed by atoms with E-state index in [1.54, 1.807) is 6.20 Å². The third-order valence-electron chi connectivity index (χ3n) is 3.93. The lowest BCUT2D eigenvalue weighted by Crippen LogP contribution is -2.13. The molecule has 0 bridgehead atoms. The number of fused-ring (bicyclic) bond motifs is 2. The second-order valence-electron chi connectivity index (χ2n) is 5.50. The predicted molar refractivity (Wildman–Crippen MR) is 85.3 cm³/mol. The van der Waals surface area contributed by atoms with E-state index in [-0.39, 0.29) is 5.91 Å². The van der Waals surface area contributed by atoms with Crippen LogP contribution in [0.1, 0.15) is 34.6 Å². The number of anilines is 1. The van der Waals surface area contributed by atoms with Crippen molar-refractivity contribution in [3.05, 3.63) is 35.3 Å². The van der Waals surface area contributed by atoms with Crippen LogP contribution in [0.4, 0.5) is 5.82 Å². The summed E-state index contributed by atoms with van der Waals surface area (Å²) in [6.07, 6.45) is 4.94. The van der Waals surface area contributed by atoms with Gasteiger partial charge in [0.2, 0.25) is 0 Å². The van der Waals surface area contributed by atoms with Gasteiger partial charge in [0.25, 0.3) is 5.91 Å². The molecular formula is C15H15N5OS. The molecule has 4 rings (SSSR count). The van der Waals surface area contributed by atoms with Crippen LogP contribution in [0.15, 0.2) is 18.3 Å². The molecule has 1 amide bonds. The summed E-state index contributed by atoms with van der Waals surface area (Å²) in [6.45, 7) is 2.85. The van der Waals surface area contributed by atoms with Crippen LogP contribution >= 0.6 is 11.5 Å². The highest BCUT2D eigenvalue weighted by Crippen LogP contribution is 2.22. The Bertz CT molecular complexity index is 843. The van der Waals surface area contributed by atoms with Gasteiger partial charge in [-0.15, -0.1) is 0 Å². The number of nitrogens with one attached hydrogen (secondary N) is 1. The molecular weight excluding hydrogens is 298 g/mol. The molecule has 0 saturated heterocycles. The number of hydrogen-bond donors (Lipinski definition) is 1. The van der Waals surface area contributed by atoms with Crippen LogP contribution in [0.2, 0.25) is 0 Å². The minimum atomic E-state index is -0.185. The van der Waals surface area contributed by atoms with Gasteiger partial charge in [-0.3, -0.25) is 9.48 Å². The largest absolute Gasteiger partial charge is 0.305 e. The minimum Gasteiger partial charge on any atom is -0.305 e. The van der Waals surface area contributed by atoms with Crippen molar-refractivity contribution in [1.29, 1.82) is 0 Å². The van der Waals surface area contributed by atoms with Crippen LogP contribution in [0.5, 0.6) is 0 Å². The zero-order valence-corrected chi connectivity index (χ0v) is 13.0. The molecule has 0 radical (unpaired) electrons. The van der Waals surface area contributed by atoms with E-state index in [1.165, 1.54) is 23.6 Å². The van der Waals surface area contributed by atoms with E-state index in [9.17, 15) is 4.79 Å². The van der Waals surface area contributed by atoms with Gasteiger partial charge in [0.05, 0.1) is 11.3 Å². The lowest BCUT2D eigenvalue weighted by Gasteiger charge is -2.11. The number of rotatable bonds is 2. The summed E-state index contributed by atoms with van der Waals surface area (Å²) in [5.74, 6) is 0.428. The molecule has 1 aliphatic rings. The molecule has 0 aliphatic carbocycles. The lowest BCUT2D eigenvalue weighted by atomic mass is 10.1. The Labute approximate surface area is 131 Å². The van der Waals surface area contributed by atoms with Gasteiger partial charge in [-0.1, -0.05) is 0 Å².